The average molecular weight is 574 g/mol. The van der Waals surface area contributed by atoms with E-state index in [4.69, 9.17) is 5.73 Å². The van der Waals surface area contributed by atoms with Gasteiger partial charge in [0.2, 0.25) is 0 Å². The minimum absolute atomic E-state index is 0.0680. The van der Waals surface area contributed by atoms with Crippen LogP contribution in [0.5, 0.6) is 0 Å². The molecule has 220 valence electrons. The van der Waals surface area contributed by atoms with Crippen molar-refractivity contribution in [2.24, 2.45) is 5.73 Å². The third kappa shape index (κ3) is 6.07. The topological polar surface area (TPSA) is 76.5 Å². The summed E-state index contributed by atoms with van der Waals surface area (Å²) >= 11 is 0. The van der Waals surface area contributed by atoms with E-state index in [0.29, 0.717) is 24.5 Å². The number of halogens is 2. The van der Waals surface area contributed by atoms with Gasteiger partial charge in [0, 0.05) is 50.0 Å². The lowest BCUT2D eigenvalue weighted by atomic mass is 10.1. The van der Waals surface area contributed by atoms with E-state index < -0.39 is 28.9 Å². The van der Waals surface area contributed by atoms with Gasteiger partial charge in [-0.05, 0) is 55.2 Å². The molecule has 1 aliphatic rings. The number of hydrogen-bond acceptors (Lipinski definition) is 5. The van der Waals surface area contributed by atoms with E-state index in [-0.39, 0.29) is 18.7 Å². The quantitative estimate of drug-likeness (QED) is 0.341. The Labute approximate surface area is 244 Å². The van der Waals surface area contributed by atoms with Gasteiger partial charge in [-0.3, -0.25) is 18.8 Å². The van der Waals surface area contributed by atoms with Gasteiger partial charge in [-0.2, -0.15) is 0 Å². The fraction of sp³-hybridized carbons (Fsp3) is 0.333. The van der Waals surface area contributed by atoms with Crippen LogP contribution in [-0.2, 0) is 19.6 Å². The highest BCUT2D eigenvalue weighted by Gasteiger charge is 2.26. The maximum absolute atomic E-state index is 14.7. The van der Waals surface area contributed by atoms with E-state index in [2.05, 4.69) is 36.9 Å². The molecule has 5 rings (SSSR count). The second kappa shape index (κ2) is 12.4. The fourth-order valence-electron chi connectivity index (χ4n) is 5.63. The van der Waals surface area contributed by atoms with Crippen molar-refractivity contribution in [3.05, 3.63) is 133 Å². The second-order valence-corrected chi connectivity index (χ2v) is 11.1. The third-order valence-electron chi connectivity index (χ3n) is 8.31. The highest BCUT2D eigenvalue weighted by molar-refractivity contribution is 5.50. The summed E-state index contributed by atoms with van der Waals surface area (Å²) in [5.41, 5.74) is 10.4. The number of aromatic nitrogens is 2. The number of nitrogens with two attached hydrogens (primary N) is 1. The molecular weight excluding hydrogens is 536 g/mol. The van der Waals surface area contributed by atoms with Crippen molar-refractivity contribution < 1.29 is 8.78 Å². The van der Waals surface area contributed by atoms with E-state index in [1.54, 1.807) is 6.92 Å². The molecule has 2 heterocycles. The molecule has 1 atom stereocenters. The smallest absolute Gasteiger partial charge is 0.331 e. The predicted octanol–water partition coefficient (Wildman–Crippen LogP) is 4.28. The van der Waals surface area contributed by atoms with Crippen LogP contribution in [-0.4, -0.2) is 40.2 Å². The van der Waals surface area contributed by atoms with E-state index in [0.717, 1.165) is 41.9 Å². The Bertz CT molecular complexity index is 1670. The van der Waals surface area contributed by atoms with Crippen molar-refractivity contribution in [2.45, 2.75) is 46.4 Å². The minimum Gasteiger partial charge on any atom is -0.363 e. The summed E-state index contributed by atoms with van der Waals surface area (Å²) in [6.45, 7) is 8.83. The van der Waals surface area contributed by atoms with E-state index in [1.165, 1.54) is 27.3 Å². The van der Waals surface area contributed by atoms with Crippen LogP contribution in [0.2, 0.25) is 0 Å². The largest absolute Gasteiger partial charge is 0.363 e. The first-order chi connectivity index (χ1) is 20.1. The summed E-state index contributed by atoms with van der Waals surface area (Å²) in [5.74, 6) is -1.50. The number of rotatable bonds is 8. The van der Waals surface area contributed by atoms with E-state index in [9.17, 15) is 18.4 Å². The zero-order valence-electron chi connectivity index (χ0n) is 24.3. The molecule has 7 nitrogen and oxygen atoms in total. The van der Waals surface area contributed by atoms with Gasteiger partial charge in [-0.15, -0.1) is 0 Å². The van der Waals surface area contributed by atoms with Gasteiger partial charge in [0.05, 0.1) is 13.1 Å². The Morgan fingerprint density at radius 1 is 0.786 bits per heavy atom. The fourth-order valence-corrected chi connectivity index (χ4v) is 5.63. The van der Waals surface area contributed by atoms with Crippen molar-refractivity contribution in [3.8, 4) is 0 Å². The minimum atomic E-state index is -0.749. The third-order valence-corrected chi connectivity index (χ3v) is 8.31. The summed E-state index contributed by atoms with van der Waals surface area (Å²) in [7, 11) is 0. The molecule has 0 radical (unpaired) electrons. The number of nitrogens with zero attached hydrogens (tertiary/aromatic N) is 4. The molecule has 0 aliphatic carbocycles. The van der Waals surface area contributed by atoms with Crippen molar-refractivity contribution in [3.63, 3.8) is 0 Å². The van der Waals surface area contributed by atoms with Crippen molar-refractivity contribution in [2.75, 3.05) is 31.1 Å². The van der Waals surface area contributed by atoms with E-state index in [1.807, 2.05) is 35.2 Å². The monoisotopic (exact) mass is 573 g/mol. The van der Waals surface area contributed by atoms with Gasteiger partial charge in [0.15, 0.2) is 0 Å². The van der Waals surface area contributed by atoms with Crippen LogP contribution in [0.15, 0.2) is 76.3 Å². The lowest BCUT2D eigenvalue weighted by Crippen LogP contribution is -2.51. The molecule has 0 unspecified atom stereocenters. The molecule has 0 saturated carbocycles. The molecule has 0 spiro atoms. The zero-order valence-corrected chi connectivity index (χ0v) is 24.3. The molecular formula is C33H37F2N5O2. The second-order valence-electron chi connectivity index (χ2n) is 11.1. The summed E-state index contributed by atoms with van der Waals surface area (Å²) in [4.78, 5) is 32.0. The molecule has 1 saturated heterocycles. The summed E-state index contributed by atoms with van der Waals surface area (Å²) in [5, 5.41) is 0. The number of aryl methyl sites for hydroxylation is 2. The molecule has 2 N–H and O–H groups in total. The summed E-state index contributed by atoms with van der Waals surface area (Å²) in [6, 6.07) is 18.7. The average Bonchev–Trinajstić information content (AvgIpc) is 2.98. The Kier molecular flexibility index (Phi) is 8.70. The molecule has 4 aromatic rings. The molecule has 1 aromatic heterocycles. The molecule has 42 heavy (non-hydrogen) atoms. The van der Waals surface area contributed by atoms with Crippen LogP contribution >= 0.6 is 0 Å². The van der Waals surface area contributed by atoms with Crippen LogP contribution < -0.4 is 21.9 Å². The maximum atomic E-state index is 14.7. The molecule has 0 amide bonds. The Hall–Kier alpha value is -4.08. The van der Waals surface area contributed by atoms with Crippen LogP contribution in [0.3, 0.4) is 0 Å². The molecule has 1 fully saturated rings. The van der Waals surface area contributed by atoms with Gasteiger partial charge in [-0.25, -0.2) is 13.6 Å². The van der Waals surface area contributed by atoms with Gasteiger partial charge >= 0.3 is 5.69 Å². The Morgan fingerprint density at radius 2 is 1.45 bits per heavy atom. The van der Waals surface area contributed by atoms with E-state index >= 15 is 0 Å². The van der Waals surface area contributed by atoms with Crippen molar-refractivity contribution in [1.29, 1.82) is 0 Å². The Balaban J connectivity index is 1.49. The normalized spacial score (nSPS) is 14.8. The summed E-state index contributed by atoms with van der Waals surface area (Å²) < 4.78 is 31.8. The first-order valence-corrected chi connectivity index (χ1v) is 14.2. The highest BCUT2D eigenvalue weighted by Crippen LogP contribution is 2.21. The van der Waals surface area contributed by atoms with Gasteiger partial charge in [-0.1, -0.05) is 54.6 Å². The molecule has 9 heteroatoms. The number of benzene rings is 3. The first-order valence-electron chi connectivity index (χ1n) is 14.2. The highest BCUT2D eigenvalue weighted by atomic mass is 19.1. The lowest BCUT2D eigenvalue weighted by molar-refractivity contribution is 0.249. The van der Waals surface area contributed by atoms with Gasteiger partial charge in [0.25, 0.3) is 5.56 Å². The lowest BCUT2D eigenvalue weighted by Gasteiger charge is -2.37. The standard InChI is InChI=1S/C33H37F2N5O2/c1-22-12-13-25(18-23(22)2)19-37-14-16-38(17-15-37)31-24(3)39(20-27-28(34)10-7-11-29(27)35)33(42)40(32(31)41)21-30(36)26-8-5-4-6-9-26/h4-13,18,30H,14-17,19-21,36H2,1-3H3/t30-/m1/s1. The molecule has 3 aromatic carbocycles. The molecule has 1 aliphatic heterocycles. The number of hydrogen-bond donors (Lipinski definition) is 1. The van der Waals surface area contributed by atoms with Gasteiger partial charge < -0.3 is 10.6 Å². The summed E-state index contributed by atoms with van der Waals surface area (Å²) in [6.07, 6.45) is 0. The number of anilines is 1. The van der Waals surface area contributed by atoms with Crippen LogP contribution in [0.25, 0.3) is 0 Å². The van der Waals surface area contributed by atoms with Gasteiger partial charge in [0.1, 0.15) is 17.3 Å². The first kappa shape index (κ1) is 29.4. The SMILES string of the molecule is Cc1ccc(CN2CCN(c3c(C)n(Cc4c(F)cccc4F)c(=O)n(C[C@@H](N)c4ccccc4)c3=O)CC2)cc1C. The van der Waals surface area contributed by atoms with Crippen LogP contribution in [0, 0.1) is 32.4 Å². The van der Waals surface area contributed by atoms with Crippen LogP contribution in [0.1, 0.15) is 39.6 Å². The van der Waals surface area contributed by atoms with Crippen molar-refractivity contribution >= 4 is 5.69 Å². The predicted molar refractivity (Wildman–Crippen MR) is 162 cm³/mol. The molecule has 0 bridgehead atoms. The zero-order chi connectivity index (χ0) is 30.0. The van der Waals surface area contributed by atoms with Crippen molar-refractivity contribution in [1.82, 2.24) is 14.0 Å². The number of piperazine rings is 1. The Morgan fingerprint density at radius 3 is 2.10 bits per heavy atom. The van der Waals surface area contributed by atoms with Crippen LogP contribution in [0.4, 0.5) is 14.5 Å². The maximum Gasteiger partial charge on any atom is 0.331 e.